The lowest BCUT2D eigenvalue weighted by atomic mass is 9.99. The summed E-state index contributed by atoms with van der Waals surface area (Å²) in [5.41, 5.74) is 4.42. The summed E-state index contributed by atoms with van der Waals surface area (Å²) >= 11 is 0. The summed E-state index contributed by atoms with van der Waals surface area (Å²) in [5, 5.41) is 11.5. The first-order chi connectivity index (χ1) is 7.97. The van der Waals surface area contributed by atoms with E-state index >= 15 is 0 Å². The van der Waals surface area contributed by atoms with E-state index in [1.54, 1.807) is 7.11 Å². The van der Waals surface area contributed by atoms with Gasteiger partial charge in [0.1, 0.15) is 5.75 Å². The molecule has 0 aliphatic rings. The molecule has 0 atom stereocenters. The number of benzene rings is 1. The normalized spacial score (nSPS) is 10.4. The molecule has 0 saturated carbocycles. The monoisotopic (exact) mass is 237 g/mol. The third kappa shape index (κ3) is 3.20. The van der Waals surface area contributed by atoms with E-state index in [9.17, 15) is 4.79 Å². The average Bonchev–Trinajstić information content (AvgIpc) is 2.25. The van der Waals surface area contributed by atoms with Crippen molar-refractivity contribution in [3.63, 3.8) is 0 Å². The van der Waals surface area contributed by atoms with Crippen LogP contribution in [0, 0.1) is 20.8 Å². The van der Waals surface area contributed by atoms with Gasteiger partial charge >= 0.3 is 5.97 Å². The number of aliphatic carboxylic acids is 1. The average molecular weight is 237 g/mol. The number of carboxylic acid groups (broad SMARTS) is 1. The molecule has 0 aromatic heterocycles. The lowest BCUT2D eigenvalue weighted by Crippen LogP contribution is -2.22. The number of hydrogen-bond acceptors (Lipinski definition) is 3. The third-order valence-corrected chi connectivity index (χ3v) is 2.90. The first kappa shape index (κ1) is 13.5. The van der Waals surface area contributed by atoms with Gasteiger partial charge in [-0.05, 0) is 37.5 Å². The largest absolute Gasteiger partial charge is 0.496 e. The van der Waals surface area contributed by atoms with E-state index in [2.05, 4.69) is 11.4 Å². The molecule has 4 nitrogen and oxygen atoms in total. The van der Waals surface area contributed by atoms with Gasteiger partial charge in [0.2, 0.25) is 0 Å². The minimum atomic E-state index is -0.856. The molecular weight excluding hydrogens is 218 g/mol. The lowest BCUT2D eigenvalue weighted by molar-refractivity contribution is -0.136. The summed E-state index contributed by atoms with van der Waals surface area (Å²) in [7, 11) is 1.64. The predicted molar refractivity (Wildman–Crippen MR) is 66.5 cm³/mol. The van der Waals surface area contributed by atoms with Gasteiger partial charge in [-0.3, -0.25) is 4.79 Å². The minimum absolute atomic E-state index is 0.0461. The Morgan fingerprint density at radius 2 is 2.00 bits per heavy atom. The zero-order valence-corrected chi connectivity index (χ0v) is 10.8. The van der Waals surface area contributed by atoms with Crippen LogP contribution in [0.2, 0.25) is 0 Å². The van der Waals surface area contributed by atoms with Crippen LogP contribution in [0.4, 0.5) is 0 Å². The number of nitrogens with one attached hydrogen (secondary N) is 1. The van der Waals surface area contributed by atoms with E-state index in [4.69, 9.17) is 9.84 Å². The molecule has 4 heteroatoms. The van der Waals surface area contributed by atoms with Gasteiger partial charge in [0.05, 0.1) is 13.7 Å². The van der Waals surface area contributed by atoms with Crippen LogP contribution >= 0.6 is 0 Å². The van der Waals surface area contributed by atoms with E-state index in [1.165, 1.54) is 5.56 Å². The van der Waals surface area contributed by atoms with E-state index in [0.717, 1.165) is 22.4 Å². The zero-order chi connectivity index (χ0) is 13.0. The van der Waals surface area contributed by atoms with Crippen molar-refractivity contribution < 1.29 is 14.6 Å². The summed E-state index contributed by atoms with van der Waals surface area (Å²) in [5.74, 6) is -0.00848. The molecule has 0 fully saturated rings. The second kappa shape index (κ2) is 5.68. The summed E-state index contributed by atoms with van der Waals surface area (Å²) in [4.78, 5) is 10.5. The lowest BCUT2D eigenvalue weighted by Gasteiger charge is -2.16. The fourth-order valence-electron chi connectivity index (χ4n) is 1.90. The Morgan fingerprint density at radius 3 is 2.53 bits per heavy atom. The minimum Gasteiger partial charge on any atom is -0.496 e. The number of rotatable bonds is 5. The number of hydrogen-bond donors (Lipinski definition) is 2. The van der Waals surface area contributed by atoms with Gasteiger partial charge in [0.15, 0.2) is 0 Å². The summed E-state index contributed by atoms with van der Waals surface area (Å²) in [6.07, 6.45) is 0. The zero-order valence-electron chi connectivity index (χ0n) is 10.8. The van der Waals surface area contributed by atoms with Gasteiger partial charge < -0.3 is 15.2 Å². The van der Waals surface area contributed by atoms with E-state index in [-0.39, 0.29) is 6.54 Å². The molecule has 0 amide bonds. The van der Waals surface area contributed by atoms with Gasteiger partial charge in [0, 0.05) is 12.1 Å². The number of methoxy groups -OCH3 is 1. The van der Waals surface area contributed by atoms with Gasteiger partial charge in [-0.2, -0.15) is 0 Å². The summed E-state index contributed by atoms with van der Waals surface area (Å²) in [6.45, 7) is 6.51. The molecular formula is C13H19NO3. The van der Waals surface area contributed by atoms with Gasteiger partial charge in [-0.15, -0.1) is 0 Å². The highest BCUT2D eigenvalue weighted by molar-refractivity contribution is 5.69. The first-order valence-electron chi connectivity index (χ1n) is 5.53. The smallest absolute Gasteiger partial charge is 0.317 e. The molecule has 0 spiro atoms. The van der Waals surface area contributed by atoms with Crippen LogP contribution in [0.15, 0.2) is 6.07 Å². The van der Waals surface area contributed by atoms with Crippen LogP contribution < -0.4 is 10.1 Å². The van der Waals surface area contributed by atoms with Crippen LogP contribution in [-0.4, -0.2) is 24.7 Å². The molecule has 1 aromatic carbocycles. The van der Waals surface area contributed by atoms with E-state index < -0.39 is 5.97 Å². The first-order valence-corrected chi connectivity index (χ1v) is 5.53. The van der Waals surface area contributed by atoms with E-state index in [0.29, 0.717) is 6.54 Å². The highest BCUT2D eigenvalue weighted by atomic mass is 16.5. The maximum absolute atomic E-state index is 10.5. The Kier molecular flexibility index (Phi) is 4.52. The van der Waals surface area contributed by atoms with Crippen molar-refractivity contribution in [2.75, 3.05) is 13.7 Å². The fraction of sp³-hybridized carbons (Fsp3) is 0.462. The molecule has 0 aliphatic heterocycles. The van der Waals surface area contributed by atoms with E-state index in [1.807, 2.05) is 20.8 Å². The number of ether oxygens (including phenoxy) is 1. The second-order valence-corrected chi connectivity index (χ2v) is 4.14. The highest BCUT2D eigenvalue weighted by Crippen LogP contribution is 2.29. The van der Waals surface area contributed by atoms with Crippen molar-refractivity contribution >= 4 is 5.97 Å². The molecule has 0 saturated heterocycles. The van der Waals surface area contributed by atoms with Crippen LogP contribution in [0.3, 0.4) is 0 Å². The second-order valence-electron chi connectivity index (χ2n) is 4.14. The standard InChI is InChI=1S/C13H19NO3/c1-8-5-9(2)11(6-14-7-12(15)16)13(17-4)10(8)3/h5,14H,6-7H2,1-4H3,(H,15,16). The van der Waals surface area contributed by atoms with Crippen molar-refractivity contribution in [2.45, 2.75) is 27.3 Å². The molecule has 1 aromatic rings. The van der Waals surface area contributed by atoms with Gasteiger partial charge in [-0.1, -0.05) is 6.07 Å². The maximum atomic E-state index is 10.5. The summed E-state index contributed by atoms with van der Waals surface area (Å²) in [6, 6.07) is 2.09. The van der Waals surface area contributed by atoms with Crippen LogP contribution in [0.25, 0.3) is 0 Å². The number of carboxylic acids is 1. The molecule has 0 radical (unpaired) electrons. The highest BCUT2D eigenvalue weighted by Gasteiger charge is 2.12. The quantitative estimate of drug-likeness (QED) is 0.819. The Hall–Kier alpha value is -1.55. The molecule has 0 unspecified atom stereocenters. The van der Waals surface area contributed by atoms with Crippen molar-refractivity contribution in [2.24, 2.45) is 0 Å². The van der Waals surface area contributed by atoms with Crippen molar-refractivity contribution in [3.05, 3.63) is 28.3 Å². The molecule has 0 aliphatic carbocycles. The van der Waals surface area contributed by atoms with Gasteiger partial charge in [0.25, 0.3) is 0 Å². The predicted octanol–water partition coefficient (Wildman–Crippen LogP) is 1.79. The molecule has 17 heavy (non-hydrogen) atoms. The Balaban J connectivity index is 2.97. The van der Waals surface area contributed by atoms with Crippen LogP contribution in [-0.2, 0) is 11.3 Å². The Labute approximate surface area is 102 Å². The molecule has 2 N–H and O–H groups in total. The van der Waals surface area contributed by atoms with Gasteiger partial charge in [-0.25, -0.2) is 0 Å². The SMILES string of the molecule is COc1c(C)c(C)cc(C)c1CNCC(=O)O. The van der Waals surface area contributed by atoms with Crippen LogP contribution in [0.1, 0.15) is 22.3 Å². The Morgan fingerprint density at radius 1 is 1.35 bits per heavy atom. The fourth-order valence-corrected chi connectivity index (χ4v) is 1.90. The third-order valence-electron chi connectivity index (χ3n) is 2.90. The number of carbonyl (C=O) groups is 1. The summed E-state index contributed by atoms with van der Waals surface area (Å²) < 4.78 is 5.41. The Bertz CT molecular complexity index is 427. The number of aryl methyl sites for hydroxylation is 2. The molecule has 94 valence electrons. The van der Waals surface area contributed by atoms with Crippen molar-refractivity contribution in [1.29, 1.82) is 0 Å². The van der Waals surface area contributed by atoms with Crippen LogP contribution in [0.5, 0.6) is 5.75 Å². The molecule has 1 rings (SSSR count). The molecule has 0 heterocycles. The topological polar surface area (TPSA) is 58.6 Å². The van der Waals surface area contributed by atoms with Crippen molar-refractivity contribution in [1.82, 2.24) is 5.32 Å². The van der Waals surface area contributed by atoms with Crippen molar-refractivity contribution in [3.8, 4) is 5.75 Å². The molecule has 0 bridgehead atoms. The maximum Gasteiger partial charge on any atom is 0.317 e.